The van der Waals surface area contributed by atoms with E-state index in [1.807, 2.05) is 12.1 Å². The van der Waals surface area contributed by atoms with Crippen LogP contribution in [0.4, 0.5) is 5.82 Å². The largest absolute Gasteiger partial charge is 0.352 e. The number of rotatable bonds is 5. The molecule has 0 bridgehead atoms. The summed E-state index contributed by atoms with van der Waals surface area (Å²) < 4.78 is 25.6. The Balaban J connectivity index is 1.39. The highest BCUT2D eigenvalue weighted by Gasteiger charge is 2.24. The smallest absolute Gasteiger partial charge is 0.253 e. The van der Waals surface area contributed by atoms with Gasteiger partial charge in [-0.1, -0.05) is 23.2 Å². The molecule has 8 nitrogen and oxygen atoms in total. The van der Waals surface area contributed by atoms with E-state index in [1.54, 1.807) is 35.2 Å². The molecule has 0 radical (unpaired) electrons. The lowest BCUT2D eigenvalue weighted by atomic mass is 10.1. The second-order valence-corrected chi connectivity index (χ2v) is 11.0. The second kappa shape index (κ2) is 9.87. The van der Waals surface area contributed by atoms with Gasteiger partial charge < -0.3 is 9.80 Å². The Bertz CT molecular complexity index is 1290. The number of aromatic nitrogens is 2. The minimum absolute atomic E-state index is 0.132. The molecular weight excluding hydrogens is 497 g/mol. The molecule has 11 heteroatoms. The Morgan fingerprint density at radius 3 is 2.15 bits per heavy atom. The van der Waals surface area contributed by atoms with Gasteiger partial charge in [-0.2, -0.15) is 0 Å². The fourth-order valence-corrected chi connectivity index (χ4v) is 5.04. The first kappa shape index (κ1) is 24.4. The number of amides is 1. The summed E-state index contributed by atoms with van der Waals surface area (Å²) in [6.45, 7) is 2.25. The topological polar surface area (TPSA) is 86.7 Å². The van der Waals surface area contributed by atoms with Gasteiger partial charge in [-0.3, -0.25) is 4.79 Å². The number of anilines is 1. The molecule has 1 saturated heterocycles. The first-order chi connectivity index (χ1) is 16.2. The average molecular weight is 520 g/mol. The molecule has 4 rings (SSSR count). The Morgan fingerprint density at radius 1 is 0.912 bits per heavy atom. The number of hydrogen-bond acceptors (Lipinski definition) is 6. The van der Waals surface area contributed by atoms with Gasteiger partial charge in [-0.05, 0) is 54.6 Å². The number of halogens is 2. The lowest BCUT2D eigenvalue weighted by molar-refractivity contribution is 0.0746. The van der Waals surface area contributed by atoms with Crippen LogP contribution in [0.15, 0.2) is 59.5 Å². The molecule has 178 valence electrons. The van der Waals surface area contributed by atoms with Crippen molar-refractivity contribution in [1.82, 2.24) is 19.4 Å². The number of benzene rings is 2. The summed E-state index contributed by atoms with van der Waals surface area (Å²) in [4.78, 5) is 16.9. The van der Waals surface area contributed by atoms with Crippen LogP contribution < -0.4 is 4.90 Å². The number of nitrogens with zero attached hydrogens (tertiary/aromatic N) is 5. The molecule has 0 N–H and O–H groups in total. The number of sulfonamides is 1. The van der Waals surface area contributed by atoms with Crippen LogP contribution >= 0.6 is 23.2 Å². The highest BCUT2D eigenvalue weighted by molar-refractivity contribution is 7.89. The van der Waals surface area contributed by atoms with Crippen molar-refractivity contribution in [1.29, 1.82) is 0 Å². The van der Waals surface area contributed by atoms with Crippen molar-refractivity contribution in [2.45, 2.75) is 4.90 Å². The van der Waals surface area contributed by atoms with Crippen LogP contribution in [0.1, 0.15) is 10.4 Å². The molecule has 0 aliphatic carbocycles. The standard InChI is InChI=1S/C23H23Cl2N5O3S/c1-28(2)34(32,33)18-6-3-16(4-7-18)23(31)30-13-11-29(12-14-30)22-10-9-21(26-27-22)19-8-5-17(24)15-20(19)25/h3-10,15H,11-14H2,1-2H3. The van der Waals surface area contributed by atoms with Gasteiger partial charge in [0.2, 0.25) is 10.0 Å². The average Bonchev–Trinajstić information content (AvgIpc) is 2.84. The van der Waals surface area contributed by atoms with Crippen LogP contribution in [0, 0.1) is 0 Å². The molecule has 34 heavy (non-hydrogen) atoms. The predicted octanol–water partition coefficient (Wildman–Crippen LogP) is 3.66. The molecule has 2 aromatic carbocycles. The van der Waals surface area contributed by atoms with Gasteiger partial charge in [-0.25, -0.2) is 12.7 Å². The molecule has 1 fully saturated rings. The summed E-state index contributed by atoms with van der Waals surface area (Å²) in [6.07, 6.45) is 0. The molecule has 1 aliphatic rings. The van der Waals surface area contributed by atoms with E-state index in [0.717, 1.165) is 15.7 Å². The maximum absolute atomic E-state index is 12.9. The molecular formula is C23H23Cl2N5O3S. The molecule has 0 unspecified atom stereocenters. The van der Waals surface area contributed by atoms with Gasteiger partial charge in [0.1, 0.15) is 0 Å². The van der Waals surface area contributed by atoms with Gasteiger partial charge in [-0.15, -0.1) is 10.2 Å². The van der Waals surface area contributed by atoms with E-state index in [-0.39, 0.29) is 10.8 Å². The molecule has 1 aliphatic heterocycles. The van der Waals surface area contributed by atoms with Crippen molar-refractivity contribution in [3.63, 3.8) is 0 Å². The van der Waals surface area contributed by atoms with Gasteiger partial charge in [0.05, 0.1) is 15.6 Å². The van der Waals surface area contributed by atoms with E-state index < -0.39 is 10.0 Å². The van der Waals surface area contributed by atoms with Crippen LogP contribution in [0.25, 0.3) is 11.3 Å². The monoisotopic (exact) mass is 519 g/mol. The first-order valence-corrected chi connectivity index (χ1v) is 12.7. The van der Waals surface area contributed by atoms with Crippen molar-refractivity contribution in [3.05, 3.63) is 70.2 Å². The number of carbonyl (C=O) groups is 1. The minimum Gasteiger partial charge on any atom is -0.352 e. The number of hydrogen-bond donors (Lipinski definition) is 0. The van der Waals surface area contributed by atoms with Crippen LogP contribution in [-0.4, -0.2) is 74.0 Å². The van der Waals surface area contributed by atoms with Crippen LogP contribution in [0.2, 0.25) is 10.0 Å². The summed E-state index contributed by atoms with van der Waals surface area (Å²) in [5.41, 5.74) is 1.86. The zero-order chi connectivity index (χ0) is 24.5. The van der Waals surface area contributed by atoms with Gasteiger partial charge in [0.25, 0.3) is 5.91 Å². The Morgan fingerprint density at radius 2 is 1.59 bits per heavy atom. The summed E-state index contributed by atoms with van der Waals surface area (Å²) in [5.74, 6) is 0.589. The highest BCUT2D eigenvalue weighted by Crippen LogP contribution is 2.29. The van der Waals surface area contributed by atoms with Crippen LogP contribution in [-0.2, 0) is 10.0 Å². The molecule has 0 saturated carbocycles. The normalized spacial score (nSPS) is 14.5. The zero-order valence-electron chi connectivity index (χ0n) is 18.6. The summed E-state index contributed by atoms with van der Waals surface area (Å²) >= 11 is 12.2. The maximum atomic E-state index is 12.9. The highest BCUT2D eigenvalue weighted by atomic mass is 35.5. The maximum Gasteiger partial charge on any atom is 0.253 e. The summed E-state index contributed by atoms with van der Waals surface area (Å²) in [6, 6.07) is 15.0. The number of piperazine rings is 1. The van der Waals surface area contributed by atoms with E-state index in [2.05, 4.69) is 15.1 Å². The van der Waals surface area contributed by atoms with Crippen molar-refractivity contribution in [2.75, 3.05) is 45.2 Å². The third kappa shape index (κ3) is 5.02. The zero-order valence-corrected chi connectivity index (χ0v) is 21.0. The molecule has 1 aromatic heterocycles. The third-order valence-electron chi connectivity index (χ3n) is 5.63. The lowest BCUT2D eigenvalue weighted by Crippen LogP contribution is -2.49. The van der Waals surface area contributed by atoms with E-state index in [1.165, 1.54) is 26.2 Å². The molecule has 0 spiro atoms. The quantitative estimate of drug-likeness (QED) is 0.511. The first-order valence-electron chi connectivity index (χ1n) is 10.5. The lowest BCUT2D eigenvalue weighted by Gasteiger charge is -2.35. The molecule has 1 amide bonds. The van der Waals surface area contributed by atoms with Crippen molar-refractivity contribution >= 4 is 45.0 Å². The molecule has 2 heterocycles. The van der Waals surface area contributed by atoms with Gasteiger partial charge in [0.15, 0.2) is 5.82 Å². The van der Waals surface area contributed by atoms with Gasteiger partial charge >= 0.3 is 0 Å². The second-order valence-electron chi connectivity index (χ2n) is 7.99. The van der Waals surface area contributed by atoms with E-state index in [4.69, 9.17) is 23.2 Å². The Labute approximate surface area is 208 Å². The Kier molecular flexibility index (Phi) is 7.09. The fraction of sp³-hybridized carbons (Fsp3) is 0.261. The minimum atomic E-state index is -3.53. The summed E-state index contributed by atoms with van der Waals surface area (Å²) in [7, 11) is -0.590. The van der Waals surface area contributed by atoms with Crippen LogP contribution in [0.3, 0.4) is 0 Å². The Hall–Kier alpha value is -2.72. The summed E-state index contributed by atoms with van der Waals surface area (Å²) in [5, 5.41) is 9.71. The van der Waals surface area contributed by atoms with E-state index in [0.29, 0.717) is 47.5 Å². The molecule has 3 aromatic rings. The third-order valence-corrected chi connectivity index (χ3v) is 8.01. The SMILES string of the molecule is CN(C)S(=O)(=O)c1ccc(C(=O)N2CCN(c3ccc(-c4ccc(Cl)cc4Cl)nn3)CC2)cc1. The van der Waals surface area contributed by atoms with Gasteiger partial charge in [0, 0.05) is 56.4 Å². The van der Waals surface area contributed by atoms with Crippen LogP contribution in [0.5, 0.6) is 0 Å². The van der Waals surface area contributed by atoms with Crippen molar-refractivity contribution < 1.29 is 13.2 Å². The molecule has 0 atom stereocenters. The predicted molar refractivity (Wildman–Crippen MR) is 133 cm³/mol. The van der Waals surface area contributed by atoms with Crippen molar-refractivity contribution in [2.24, 2.45) is 0 Å². The number of carbonyl (C=O) groups excluding carboxylic acids is 1. The fourth-order valence-electron chi connectivity index (χ4n) is 3.64. The van der Waals surface area contributed by atoms with E-state index in [9.17, 15) is 13.2 Å². The van der Waals surface area contributed by atoms with Crippen molar-refractivity contribution in [3.8, 4) is 11.3 Å². The van der Waals surface area contributed by atoms with E-state index >= 15 is 0 Å².